The molecule has 6 heteroatoms. The summed E-state index contributed by atoms with van der Waals surface area (Å²) >= 11 is 0. The van der Waals surface area contributed by atoms with E-state index in [9.17, 15) is 14.4 Å². The summed E-state index contributed by atoms with van der Waals surface area (Å²) in [5.41, 5.74) is 0. The fourth-order valence-electron chi connectivity index (χ4n) is 6.90. The summed E-state index contributed by atoms with van der Waals surface area (Å²) in [4.78, 5) is 33.6. The van der Waals surface area contributed by atoms with Crippen LogP contribution in [-0.2, 0) is 19.1 Å². The second-order valence-corrected chi connectivity index (χ2v) is 16.7. The molecule has 5 nitrogen and oxygen atoms in total. The normalized spacial score (nSPS) is 12.0. The van der Waals surface area contributed by atoms with E-state index in [-0.39, 0.29) is 43.0 Å². The molecule has 0 saturated carbocycles. The first kappa shape index (κ1) is 66.9. The first-order valence-electron chi connectivity index (χ1n) is 25.4. The third-order valence-corrected chi connectivity index (χ3v) is 11.0. The number of hydrogen-bond acceptors (Lipinski definition) is 5. The standard InChI is InChI=1S/C17H32O3.C17H34O.C10H22N.C8H18.U/c1-3-5-10-13-16(4-2)17(19)20-15-12-9-7-6-8-11-14-18;1-4-6-8-10-11-13-15-17(16(3)18)14-12-9-7-5-2;1-4-7-9-11-10(6-3)8-5-2;1-3-5-7-8-6-4-2;/h14,16H,3-13,15H2,1-2H3;17H,4-15H2,1-3H3;10-11H,1,4-9H2,2-3H3;3-8H2,1-2H3;/q;;-1;;. The van der Waals surface area contributed by atoms with E-state index in [2.05, 4.69) is 67.6 Å². The van der Waals surface area contributed by atoms with E-state index >= 15 is 0 Å². The van der Waals surface area contributed by atoms with Crippen LogP contribution in [0.15, 0.2) is 0 Å². The maximum atomic E-state index is 11.9. The summed E-state index contributed by atoms with van der Waals surface area (Å²) in [5.74, 6) is 0.854. The van der Waals surface area contributed by atoms with Crippen molar-refractivity contribution in [1.29, 1.82) is 0 Å². The fraction of sp³-hybridized carbons (Fsp3) is 0.923. The Bertz CT molecular complexity index is 758. The molecule has 0 bridgehead atoms. The van der Waals surface area contributed by atoms with E-state index in [1.807, 2.05) is 0 Å². The summed E-state index contributed by atoms with van der Waals surface area (Å²) in [7, 11) is 0. The minimum atomic E-state index is -0.00967. The third kappa shape index (κ3) is 57.9. The Morgan fingerprint density at radius 3 is 1.36 bits per heavy atom. The molecule has 0 aliphatic carbocycles. The predicted octanol–water partition coefficient (Wildman–Crippen LogP) is 16.7. The molecular weight excluding hydrogens is 941 g/mol. The van der Waals surface area contributed by atoms with Crippen molar-refractivity contribution >= 4 is 18.0 Å². The van der Waals surface area contributed by atoms with Crippen molar-refractivity contribution in [2.45, 2.75) is 287 Å². The van der Waals surface area contributed by atoms with Gasteiger partial charge in [-0.3, -0.25) is 9.59 Å². The van der Waals surface area contributed by atoms with Gasteiger partial charge in [-0.25, -0.2) is 0 Å². The minimum Gasteiger partial charge on any atom is -0.465 e. The second kappa shape index (κ2) is 61.1. The number of ketones is 1. The van der Waals surface area contributed by atoms with Gasteiger partial charge in [-0.2, -0.15) is 6.42 Å². The summed E-state index contributed by atoms with van der Waals surface area (Å²) in [6.07, 6.45) is 42.2. The van der Waals surface area contributed by atoms with Gasteiger partial charge in [0.1, 0.15) is 12.1 Å². The third-order valence-electron chi connectivity index (χ3n) is 11.0. The molecule has 1 N–H and O–H groups in total. The van der Waals surface area contributed by atoms with Crippen LogP contribution in [0.1, 0.15) is 281 Å². The molecule has 0 aromatic rings. The Kier molecular flexibility index (Phi) is 70.5. The van der Waals surface area contributed by atoms with Crippen molar-refractivity contribution in [3.63, 3.8) is 0 Å². The number of carbonyl (C=O) groups excluding carboxylic acids is 3. The van der Waals surface area contributed by atoms with Crippen molar-refractivity contribution in [2.24, 2.45) is 11.8 Å². The van der Waals surface area contributed by atoms with E-state index in [1.54, 1.807) is 6.92 Å². The molecule has 348 valence electrons. The molecule has 0 fully saturated rings. The van der Waals surface area contributed by atoms with Gasteiger partial charge < -0.3 is 21.8 Å². The van der Waals surface area contributed by atoms with E-state index in [1.165, 1.54) is 141 Å². The van der Waals surface area contributed by atoms with Crippen molar-refractivity contribution in [2.75, 3.05) is 13.2 Å². The number of aldehydes is 1. The van der Waals surface area contributed by atoms with E-state index in [0.29, 0.717) is 24.7 Å². The van der Waals surface area contributed by atoms with Crippen LogP contribution >= 0.6 is 0 Å². The van der Waals surface area contributed by atoms with Gasteiger partial charge >= 0.3 is 5.97 Å². The van der Waals surface area contributed by atoms with E-state index < -0.39 is 0 Å². The summed E-state index contributed by atoms with van der Waals surface area (Å²) < 4.78 is 5.36. The van der Waals surface area contributed by atoms with Crippen molar-refractivity contribution in [3.05, 3.63) is 6.92 Å². The van der Waals surface area contributed by atoms with Crippen LogP contribution in [0.25, 0.3) is 0 Å². The molecule has 0 rings (SSSR count). The van der Waals surface area contributed by atoms with Gasteiger partial charge in [-0.1, -0.05) is 209 Å². The van der Waals surface area contributed by atoms with Gasteiger partial charge in [0.05, 0.1) is 12.5 Å². The molecule has 0 aromatic carbocycles. The van der Waals surface area contributed by atoms with Gasteiger partial charge in [0.25, 0.3) is 0 Å². The van der Waals surface area contributed by atoms with Crippen LogP contribution in [0.4, 0.5) is 0 Å². The Morgan fingerprint density at radius 1 is 0.517 bits per heavy atom. The number of carbonyl (C=O) groups is 3. The molecule has 0 radical (unpaired) electrons. The number of unbranched alkanes of at least 4 members (excludes halogenated alkanes) is 21. The number of Topliss-reactive ketones (excluding diaryl/α,β-unsaturated/α-hetero) is 1. The SMILES string of the molecule is CCCCCC(CC)C(=O)OCCCCCCCC=O.CCCCCCCC.CCCCCCCCC(CCCCCC)C(C)=O.[CH2-]CCCNC(CC)CCC.[U]. The Balaban J connectivity index is -0.000000226. The van der Waals surface area contributed by atoms with Gasteiger partial charge in [-0.15, -0.1) is 0 Å². The molecule has 0 aliphatic rings. The first-order valence-corrected chi connectivity index (χ1v) is 25.4. The average Bonchev–Trinajstić information content (AvgIpc) is 3.21. The Hall–Kier alpha value is -0.178. The number of esters is 1. The van der Waals surface area contributed by atoms with Crippen LogP contribution in [-0.4, -0.2) is 37.2 Å². The monoisotopic (exact) mass is 1050 g/mol. The number of ether oxygens (including phenoxy) is 1. The summed E-state index contributed by atoms with van der Waals surface area (Å²) in [5, 5.41) is 3.53. The van der Waals surface area contributed by atoms with Gasteiger partial charge in [0.15, 0.2) is 0 Å². The molecule has 0 saturated heterocycles. The van der Waals surface area contributed by atoms with Crippen LogP contribution in [0.5, 0.6) is 0 Å². The van der Waals surface area contributed by atoms with Crippen molar-refractivity contribution in [3.8, 4) is 0 Å². The quantitative estimate of drug-likeness (QED) is 0.0287. The minimum absolute atomic E-state index is 0. The topological polar surface area (TPSA) is 72.5 Å². The van der Waals surface area contributed by atoms with E-state index in [0.717, 1.165) is 89.5 Å². The summed E-state index contributed by atoms with van der Waals surface area (Å²) in [6, 6.07) is 0.742. The second-order valence-electron chi connectivity index (χ2n) is 16.7. The predicted molar refractivity (Wildman–Crippen MR) is 254 cm³/mol. The zero-order chi connectivity index (χ0) is 43.5. The Labute approximate surface area is 389 Å². The zero-order valence-electron chi connectivity index (χ0n) is 41.1. The van der Waals surface area contributed by atoms with Crippen molar-refractivity contribution < 1.29 is 50.2 Å². The Morgan fingerprint density at radius 2 is 0.931 bits per heavy atom. The van der Waals surface area contributed by atoms with Gasteiger partial charge in [0, 0.05) is 49.5 Å². The number of hydrogen-bond donors (Lipinski definition) is 1. The zero-order valence-corrected chi connectivity index (χ0v) is 45.3. The van der Waals surface area contributed by atoms with Gasteiger partial charge in [0.2, 0.25) is 0 Å². The van der Waals surface area contributed by atoms with Crippen LogP contribution in [0, 0.1) is 49.9 Å². The first-order chi connectivity index (χ1) is 27.7. The maximum absolute atomic E-state index is 11.9. The molecule has 0 aliphatic heterocycles. The molecule has 58 heavy (non-hydrogen) atoms. The fourth-order valence-corrected chi connectivity index (χ4v) is 6.90. The molecular formula is C52H106NO4U-. The molecule has 3 atom stereocenters. The summed E-state index contributed by atoms with van der Waals surface area (Å²) in [6.45, 7) is 25.0. The van der Waals surface area contributed by atoms with Crippen molar-refractivity contribution in [1.82, 2.24) is 5.32 Å². The maximum Gasteiger partial charge on any atom is 0.308 e. The van der Waals surface area contributed by atoms with Crippen LogP contribution < -0.4 is 5.32 Å². The van der Waals surface area contributed by atoms with Crippen LogP contribution in [0.3, 0.4) is 0 Å². The number of nitrogens with one attached hydrogen (secondary N) is 1. The largest absolute Gasteiger partial charge is 0.465 e. The molecule has 0 amide bonds. The molecule has 0 spiro atoms. The molecule has 0 aromatic heterocycles. The van der Waals surface area contributed by atoms with Gasteiger partial charge in [-0.05, 0) is 64.8 Å². The van der Waals surface area contributed by atoms with Crippen LogP contribution in [0.2, 0.25) is 0 Å². The number of rotatable bonds is 39. The average molecular weight is 1050 g/mol. The van der Waals surface area contributed by atoms with E-state index in [4.69, 9.17) is 4.74 Å². The molecule has 3 unspecified atom stereocenters. The molecule has 0 heterocycles. The smallest absolute Gasteiger partial charge is 0.308 e.